The first-order valence-electron chi connectivity index (χ1n) is 9.98. The Kier molecular flexibility index (Phi) is 5.59. The van der Waals surface area contributed by atoms with Gasteiger partial charge in [-0.1, -0.05) is 0 Å². The third-order valence-electron chi connectivity index (χ3n) is 5.17. The quantitative estimate of drug-likeness (QED) is 0.481. The molecular formula is C22H24N8O2. The van der Waals surface area contributed by atoms with Gasteiger partial charge in [0.2, 0.25) is 5.88 Å². The van der Waals surface area contributed by atoms with Gasteiger partial charge in [0.15, 0.2) is 11.6 Å². The minimum Gasteiger partial charge on any atom is -0.479 e. The minimum atomic E-state index is -0.295. The van der Waals surface area contributed by atoms with E-state index >= 15 is 0 Å². The van der Waals surface area contributed by atoms with Crippen LogP contribution in [0, 0.1) is 20.8 Å². The Morgan fingerprint density at radius 3 is 2.28 bits per heavy atom. The fraction of sp³-hybridized carbons (Fsp3) is 0.227. The lowest BCUT2D eigenvalue weighted by molar-refractivity contribution is 0.102. The molecule has 0 radical (unpaired) electrons. The van der Waals surface area contributed by atoms with E-state index in [2.05, 4.69) is 31.0 Å². The summed E-state index contributed by atoms with van der Waals surface area (Å²) in [7, 11) is 3.21. The summed E-state index contributed by atoms with van der Waals surface area (Å²) in [5.74, 6) is 1.24. The zero-order valence-corrected chi connectivity index (χ0v) is 18.5. The van der Waals surface area contributed by atoms with Gasteiger partial charge in [-0.15, -0.1) is 15.3 Å². The van der Waals surface area contributed by atoms with Crippen LogP contribution in [0.15, 0.2) is 42.6 Å². The number of ether oxygens (including phenoxy) is 1. The van der Waals surface area contributed by atoms with Crippen molar-refractivity contribution in [1.82, 2.24) is 29.8 Å². The maximum absolute atomic E-state index is 12.5. The number of carbonyl (C=O) groups is 1. The van der Waals surface area contributed by atoms with Crippen LogP contribution in [-0.2, 0) is 7.05 Å². The van der Waals surface area contributed by atoms with Gasteiger partial charge >= 0.3 is 0 Å². The number of aromatic nitrogens is 6. The normalized spacial score (nSPS) is 10.8. The summed E-state index contributed by atoms with van der Waals surface area (Å²) in [6.45, 7) is 6.02. The molecule has 0 aliphatic heterocycles. The Morgan fingerprint density at radius 1 is 0.969 bits per heavy atom. The van der Waals surface area contributed by atoms with Crippen LogP contribution in [0.1, 0.15) is 27.3 Å². The molecule has 0 saturated carbocycles. The van der Waals surface area contributed by atoms with Gasteiger partial charge < -0.3 is 15.4 Å². The van der Waals surface area contributed by atoms with E-state index in [9.17, 15) is 4.79 Å². The van der Waals surface area contributed by atoms with E-state index < -0.39 is 0 Å². The first-order valence-corrected chi connectivity index (χ1v) is 9.98. The second kappa shape index (κ2) is 8.50. The monoisotopic (exact) mass is 432 g/mol. The summed E-state index contributed by atoms with van der Waals surface area (Å²) in [6, 6.07) is 11.0. The summed E-state index contributed by atoms with van der Waals surface area (Å²) < 4.78 is 8.46. The third kappa shape index (κ3) is 4.15. The number of hydrogen-bond acceptors (Lipinski definition) is 7. The lowest BCUT2D eigenvalue weighted by Gasteiger charge is -2.09. The predicted molar refractivity (Wildman–Crippen MR) is 121 cm³/mol. The van der Waals surface area contributed by atoms with Gasteiger partial charge in [0.05, 0.1) is 12.8 Å². The molecule has 32 heavy (non-hydrogen) atoms. The molecule has 4 rings (SSSR count). The van der Waals surface area contributed by atoms with Crippen molar-refractivity contribution in [1.29, 1.82) is 0 Å². The minimum absolute atomic E-state index is 0.279. The zero-order valence-electron chi connectivity index (χ0n) is 18.5. The Balaban J connectivity index is 1.42. The lowest BCUT2D eigenvalue weighted by Crippen LogP contribution is -2.12. The maximum Gasteiger partial charge on any atom is 0.262 e. The van der Waals surface area contributed by atoms with Gasteiger partial charge in [-0.25, -0.2) is 4.68 Å². The molecule has 0 aliphatic rings. The largest absolute Gasteiger partial charge is 0.479 e. The highest BCUT2D eigenvalue weighted by molar-refractivity contribution is 6.05. The van der Waals surface area contributed by atoms with Crippen molar-refractivity contribution in [3.8, 4) is 11.7 Å². The molecule has 10 nitrogen and oxygen atoms in total. The zero-order chi connectivity index (χ0) is 22.8. The number of carbonyl (C=O) groups excluding carboxylic acids is 1. The fourth-order valence-corrected chi connectivity index (χ4v) is 3.21. The van der Waals surface area contributed by atoms with E-state index in [-0.39, 0.29) is 11.8 Å². The maximum atomic E-state index is 12.5. The molecule has 0 atom stereocenters. The summed E-state index contributed by atoms with van der Waals surface area (Å²) in [4.78, 5) is 12.5. The molecule has 4 aromatic rings. The first-order chi connectivity index (χ1) is 15.4. The molecule has 0 fully saturated rings. The highest BCUT2D eigenvalue weighted by atomic mass is 16.5. The van der Waals surface area contributed by atoms with E-state index in [0.717, 1.165) is 22.6 Å². The molecule has 0 bridgehead atoms. The van der Waals surface area contributed by atoms with E-state index in [0.29, 0.717) is 22.9 Å². The van der Waals surface area contributed by atoms with Crippen LogP contribution in [0.4, 0.5) is 17.2 Å². The average Bonchev–Trinajstić information content (AvgIpc) is 3.30. The summed E-state index contributed by atoms with van der Waals surface area (Å²) in [6.07, 6.45) is 1.61. The number of nitrogens with one attached hydrogen (secondary N) is 2. The van der Waals surface area contributed by atoms with E-state index in [1.165, 1.54) is 11.8 Å². The Bertz CT molecular complexity index is 1260. The summed E-state index contributed by atoms with van der Waals surface area (Å²) >= 11 is 0. The van der Waals surface area contributed by atoms with Gasteiger partial charge in [0.1, 0.15) is 5.56 Å². The molecule has 164 valence electrons. The third-order valence-corrected chi connectivity index (χ3v) is 5.17. The molecule has 2 N–H and O–H groups in total. The van der Waals surface area contributed by atoms with Gasteiger partial charge in [0.25, 0.3) is 5.91 Å². The van der Waals surface area contributed by atoms with Gasteiger partial charge in [-0.3, -0.25) is 9.48 Å². The topological polar surface area (TPSA) is 112 Å². The number of rotatable bonds is 6. The molecule has 0 unspecified atom stereocenters. The van der Waals surface area contributed by atoms with Crippen LogP contribution in [0.25, 0.3) is 5.82 Å². The number of benzene rings is 1. The number of anilines is 3. The predicted octanol–water partition coefficient (Wildman–Crippen LogP) is 3.33. The van der Waals surface area contributed by atoms with Crippen molar-refractivity contribution < 1.29 is 9.53 Å². The molecule has 10 heteroatoms. The van der Waals surface area contributed by atoms with Gasteiger partial charge in [0, 0.05) is 30.3 Å². The number of nitrogens with zero attached hydrogens (tertiary/aromatic N) is 6. The van der Waals surface area contributed by atoms with Crippen LogP contribution in [-0.4, -0.2) is 42.8 Å². The van der Waals surface area contributed by atoms with E-state index in [1.54, 1.807) is 30.1 Å². The smallest absolute Gasteiger partial charge is 0.262 e. The van der Waals surface area contributed by atoms with Crippen molar-refractivity contribution in [3.63, 3.8) is 0 Å². The van der Waals surface area contributed by atoms with Crippen LogP contribution in [0.5, 0.6) is 5.88 Å². The number of hydrogen-bond donors (Lipinski definition) is 2. The van der Waals surface area contributed by atoms with Crippen LogP contribution < -0.4 is 15.4 Å². The van der Waals surface area contributed by atoms with Crippen molar-refractivity contribution >= 4 is 23.1 Å². The summed E-state index contributed by atoms with van der Waals surface area (Å²) in [5.41, 5.74) is 4.98. The molecule has 0 spiro atoms. The van der Waals surface area contributed by atoms with Crippen molar-refractivity contribution in [2.24, 2.45) is 7.05 Å². The average molecular weight is 432 g/mol. The lowest BCUT2D eigenvalue weighted by atomic mass is 10.2. The number of methoxy groups -OCH3 is 1. The summed E-state index contributed by atoms with van der Waals surface area (Å²) in [5, 5.41) is 23.2. The fourth-order valence-electron chi connectivity index (χ4n) is 3.21. The molecule has 1 amide bonds. The highest BCUT2D eigenvalue weighted by Gasteiger charge is 2.16. The van der Waals surface area contributed by atoms with E-state index in [4.69, 9.17) is 4.74 Å². The highest BCUT2D eigenvalue weighted by Crippen LogP contribution is 2.21. The van der Waals surface area contributed by atoms with E-state index in [1.807, 2.05) is 45.0 Å². The molecular weight excluding hydrogens is 408 g/mol. The molecule has 3 heterocycles. The standard InChI is InChI=1S/C22H24N8O2/c1-13-14(2)27-30(15(13)3)20-11-10-19(25-26-20)23-16-6-8-17(9-7-16)24-21(31)18-12-29(4)28-22(18)32-5/h6-12H,1-5H3,(H,23,25)(H,24,31). The Labute approximate surface area is 185 Å². The number of aryl methyl sites for hydroxylation is 2. The Hall–Kier alpha value is -4.21. The second-order valence-corrected chi connectivity index (χ2v) is 7.37. The molecule has 3 aromatic heterocycles. The molecule has 0 aliphatic carbocycles. The Morgan fingerprint density at radius 2 is 1.69 bits per heavy atom. The van der Waals surface area contributed by atoms with Gasteiger partial charge in [-0.2, -0.15) is 5.10 Å². The van der Waals surface area contributed by atoms with Crippen LogP contribution in [0.2, 0.25) is 0 Å². The second-order valence-electron chi connectivity index (χ2n) is 7.37. The van der Waals surface area contributed by atoms with Crippen molar-refractivity contribution in [3.05, 3.63) is 65.1 Å². The van der Waals surface area contributed by atoms with Crippen LogP contribution >= 0.6 is 0 Å². The SMILES string of the molecule is COc1nn(C)cc1C(=O)Nc1ccc(Nc2ccc(-n3nc(C)c(C)c3C)nn2)cc1. The molecule has 0 saturated heterocycles. The van der Waals surface area contributed by atoms with Crippen molar-refractivity contribution in [2.75, 3.05) is 17.7 Å². The van der Waals surface area contributed by atoms with Crippen molar-refractivity contribution in [2.45, 2.75) is 20.8 Å². The number of amides is 1. The van der Waals surface area contributed by atoms with Gasteiger partial charge in [-0.05, 0) is 62.7 Å². The molecule has 1 aromatic carbocycles. The van der Waals surface area contributed by atoms with Crippen LogP contribution in [0.3, 0.4) is 0 Å². The first kappa shape index (κ1) is 21.0.